The lowest BCUT2D eigenvalue weighted by Crippen LogP contribution is -1.90. The van der Waals surface area contributed by atoms with Crippen molar-refractivity contribution in [3.63, 3.8) is 0 Å². The van der Waals surface area contributed by atoms with E-state index in [9.17, 15) is 0 Å². The van der Waals surface area contributed by atoms with Gasteiger partial charge in [-0.1, -0.05) is 59.2 Å². The van der Waals surface area contributed by atoms with Crippen LogP contribution in [0.2, 0.25) is 5.02 Å². The predicted octanol–water partition coefficient (Wildman–Crippen LogP) is 4.08. The maximum absolute atomic E-state index is 6.00. The average Bonchev–Trinajstić information content (AvgIpc) is 2.38. The Labute approximate surface area is 112 Å². The molecule has 0 saturated heterocycles. The van der Waals surface area contributed by atoms with Crippen molar-refractivity contribution >= 4 is 17.8 Å². The number of halogens is 1. The summed E-state index contributed by atoms with van der Waals surface area (Å²) in [5.74, 6) is 0. The zero-order valence-corrected chi connectivity index (χ0v) is 10.8. The lowest BCUT2D eigenvalue weighted by atomic mass is 10.1. The number of hydrogen-bond acceptors (Lipinski definition) is 2. The van der Waals surface area contributed by atoms with Crippen LogP contribution < -0.4 is 0 Å². The van der Waals surface area contributed by atoms with Gasteiger partial charge in [-0.05, 0) is 18.6 Å². The summed E-state index contributed by atoms with van der Waals surface area (Å²) in [6.07, 6.45) is 2.86. The molecule has 3 heteroatoms. The molecule has 2 aromatic carbocycles. The fraction of sp³-hybridized carbons (Fsp3) is 0.133. The van der Waals surface area contributed by atoms with Crippen LogP contribution >= 0.6 is 11.6 Å². The Morgan fingerprint density at radius 1 is 1.11 bits per heavy atom. The van der Waals surface area contributed by atoms with Crippen LogP contribution in [0.15, 0.2) is 53.7 Å². The maximum Gasteiger partial charge on any atom is 0.143 e. The first-order chi connectivity index (χ1) is 8.77. The zero-order chi connectivity index (χ0) is 12.8. The molecule has 2 rings (SSSR count). The van der Waals surface area contributed by atoms with Gasteiger partial charge in [0.25, 0.3) is 0 Å². The van der Waals surface area contributed by atoms with Gasteiger partial charge in [0, 0.05) is 16.1 Å². The minimum Gasteiger partial charge on any atom is -0.390 e. The zero-order valence-electron chi connectivity index (χ0n) is 10.1. The van der Waals surface area contributed by atoms with Crippen molar-refractivity contribution in [3.05, 3.63) is 70.2 Å². The van der Waals surface area contributed by atoms with Gasteiger partial charge in [0.1, 0.15) is 12.8 Å². The Morgan fingerprint density at radius 2 is 1.83 bits per heavy atom. The first-order valence-electron chi connectivity index (χ1n) is 5.64. The molecule has 2 nitrogen and oxygen atoms in total. The van der Waals surface area contributed by atoms with Crippen LogP contribution in [0.1, 0.15) is 16.7 Å². The van der Waals surface area contributed by atoms with Crippen molar-refractivity contribution < 1.29 is 4.84 Å². The summed E-state index contributed by atoms with van der Waals surface area (Å²) >= 11 is 6.00. The summed E-state index contributed by atoms with van der Waals surface area (Å²) in [5, 5.41) is 4.51. The highest BCUT2D eigenvalue weighted by molar-refractivity contribution is 6.31. The summed E-state index contributed by atoms with van der Waals surface area (Å²) in [5.41, 5.74) is 2.95. The largest absolute Gasteiger partial charge is 0.390 e. The van der Waals surface area contributed by atoms with Crippen LogP contribution in [-0.4, -0.2) is 6.21 Å². The average molecular weight is 259 g/mol. The van der Waals surface area contributed by atoms with Gasteiger partial charge in [-0.3, -0.25) is 0 Å². The molecule has 1 radical (unpaired) electrons. The Hall–Kier alpha value is -1.80. The molecule has 0 aliphatic carbocycles. The van der Waals surface area contributed by atoms with Gasteiger partial charge in [0.15, 0.2) is 0 Å². The fourth-order valence-corrected chi connectivity index (χ4v) is 1.69. The quantitative estimate of drug-likeness (QED) is 0.598. The summed E-state index contributed by atoms with van der Waals surface area (Å²) in [7, 11) is 0. The van der Waals surface area contributed by atoms with Gasteiger partial charge in [-0.25, -0.2) is 0 Å². The van der Waals surface area contributed by atoms with E-state index in [0.29, 0.717) is 11.6 Å². The first kappa shape index (κ1) is 12.7. The highest BCUT2D eigenvalue weighted by Crippen LogP contribution is 2.15. The van der Waals surface area contributed by atoms with Gasteiger partial charge in [-0.2, -0.15) is 0 Å². The number of hydrogen-bond donors (Lipinski definition) is 0. The van der Waals surface area contributed by atoms with Crippen LogP contribution in [0, 0.1) is 6.92 Å². The third-order valence-corrected chi connectivity index (χ3v) is 2.92. The van der Waals surface area contributed by atoms with E-state index < -0.39 is 0 Å². The van der Waals surface area contributed by atoms with Crippen LogP contribution in [0.4, 0.5) is 0 Å². The number of rotatable bonds is 4. The maximum atomic E-state index is 6.00. The van der Waals surface area contributed by atoms with E-state index in [-0.39, 0.29) is 0 Å². The molecule has 2 aromatic rings. The van der Waals surface area contributed by atoms with Crippen molar-refractivity contribution in [3.8, 4) is 0 Å². The van der Waals surface area contributed by atoms with E-state index in [2.05, 4.69) is 11.4 Å². The van der Waals surface area contributed by atoms with Gasteiger partial charge < -0.3 is 4.84 Å². The molecule has 0 saturated carbocycles. The van der Waals surface area contributed by atoms with E-state index in [1.807, 2.05) is 55.5 Å². The molecule has 0 heterocycles. The molecule has 18 heavy (non-hydrogen) atoms. The highest BCUT2D eigenvalue weighted by atomic mass is 35.5. The summed E-state index contributed by atoms with van der Waals surface area (Å²) in [4.78, 5) is 5.19. The van der Waals surface area contributed by atoms with Crippen molar-refractivity contribution in [2.75, 3.05) is 0 Å². The third-order valence-electron chi connectivity index (χ3n) is 2.55. The second kappa shape index (κ2) is 6.22. The minimum atomic E-state index is 0.346. The van der Waals surface area contributed by atoms with E-state index in [1.54, 1.807) is 0 Å². The molecule has 0 amide bonds. The van der Waals surface area contributed by atoms with Gasteiger partial charge in [0.2, 0.25) is 0 Å². The van der Waals surface area contributed by atoms with Crippen molar-refractivity contribution in [2.24, 2.45) is 5.16 Å². The Balaban J connectivity index is 1.93. The molecular weight excluding hydrogens is 246 g/mol. The van der Waals surface area contributed by atoms with Crippen LogP contribution in [0.25, 0.3) is 0 Å². The molecule has 0 N–H and O–H groups in total. The van der Waals surface area contributed by atoms with Gasteiger partial charge in [-0.15, -0.1) is 0 Å². The third kappa shape index (κ3) is 3.34. The molecule has 0 atom stereocenters. The van der Waals surface area contributed by atoms with E-state index >= 15 is 0 Å². The standard InChI is InChI=1S/C15H13ClNO/c1-12-6-2-3-7-13(12)10-17-18-11-14-8-4-5-9-15(14)16/h2-9H,11H2,1H3. The molecule has 0 aliphatic heterocycles. The first-order valence-corrected chi connectivity index (χ1v) is 6.02. The number of nitrogens with zero attached hydrogens (tertiary/aromatic N) is 1. The normalized spacial score (nSPS) is 10.8. The second-order valence-corrected chi connectivity index (χ2v) is 4.29. The van der Waals surface area contributed by atoms with E-state index in [0.717, 1.165) is 16.7 Å². The molecule has 0 spiro atoms. The summed E-state index contributed by atoms with van der Waals surface area (Å²) < 4.78 is 0. The van der Waals surface area contributed by atoms with Crippen molar-refractivity contribution in [1.29, 1.82) is 0 Å². The molecular formula is C15H13ClNO. The van der Waals surface area contributed by atoms with E-state index in [4.69, 9.17) is 16.4 Å². The van der Waals surface area contributed by atoms with Gasteiger partial charge in [0.05, 0.1) is 0 Å². The number of aryl methyl sites for hydroxylation is 1. The summed E-state index contributed by atoms with van der Waals surface area (Å²) in [6.45, 7) is 2.35. The highest BCUT2D eigenvalue weighted by Gasteiger charge is 1.98. The van der Waals surface area contributed by atoms with Crippen molar-refractivity contribution in [2.45, 2.75) is 13.5 Å². The lowest BCUT2D eigenvalue weighted by Gasteiger charge is -2.02. The second-order valence-electron chi connectivity index (χ2n) is 3.88. The fourth-order valence-electron chi connectivity index (χ4n) is 1.50. The smallest absolute Gasteiger partial charge is 0.143 e. The molecule has 91 valence electrons. The topological polar surface area (TPSA) is 21.6 Å². The minimum absolute atomic E-state index is 0.346. The molecule has 0 aromatic heterocycles. The van der Waals surface area contributed by atoms with Crippen molar-refractivity contribution in [1.82, 2.24) is 0 Å². The lowest BCUT2D eigenvalue weighted by molar-refractivity contribution is 0.132. The van der Waals surface area contributed by atoms with E-state index in [1.165, 1.54) is 0 Å². The molecule has 0 bridgehead atoms. The Bertz CT molecular complexity index is 552. The predicted molar refractivity (Wildman–Crippen MR) is 74.0 cm³/mol. The molecule has 0 aliphatic rings. The van der Waals surface area contributed by atoms with Crippen LogP contribution in [-0.2, 0) is 11.4 Å². The number of benzene rings is 2. The molecule has 0 fully saturated rings. The van der Waals surface area contributed by atoms with Gasteiger partial charge >= 0.3 is 0 Å². The SMILES string of the molecule is Cc1ccccc1/[C]=N\OCc1ccccc1Cl. The summed E-state index contributed by atoms with van der Waals surface area (Å²) in [6, 6.07) is 15.4. The Kier molecular flexibility index (Phi) is 4.37. The molecule has 0 unspecified atom stereocenters. The van der Waals surface area contributed by atoms with Crippen LogP contribution in [0.5, 0.6) is 0 Å². The monoisotopic (exact) mass is 258 g/mol. The Morgan fingerprint density at radius 3 is 2.61 bits per heavy atom. The van der Waals surface area contributed by atoms with Crippen LogP contribution in [0.3, 0.4) is 0 Å².